The summed E-state index contributed by atoms with van der Waals surface area (Å²) >= 11 is 1.03. The van der Waals surface area contributed by atoms with Gasteiger partial charge in [-0.15, -0.1) is 0 Å². The van der Waals surface area contributed by atoms with Crippen LogP contribution >= 0.6 is 11.8 Å². The number of carbonyl (C=O) groups is 1. The van der Waals surface area contributed by atoms with Gasteiger partial charge in [-0.3, -0.25) is 9.59 Å². The molecule has 10 heteroatoms. The number of carbonyl (C=O) groups excluding carboxylic acids is 1. The van der Waals surface area contributed by atoms with Crippen molar-refractivity contribution < 1.29 is 18.3 Å². The predicted octanol–water partition coefficient (Wildman–Crippen LogP) is 1.40. The molecule has 0 saturated carbocycles. The minimum Gasteiger partial charge on any atom is -0.435 e. The lowest BCUT2D eigenvalue weighted by Crippen LogP contribution is -2.27. The summed E-state index contributed by atoms with van der Waals surface area (Å²) in [6.07, 6.45) is 0.340. The van der Waals surface area contributed by atoms with Crippen molar-refractivity contribution in [3.63, 3.8) is 0 Å². The number of H-pyrrole nitrogens is 1. The fourth-order valence-electron chi connectivity index (χ4n) is 1.96. The second kappa shape index (κ2) is 9.02. The molecule has 7 nitrogen and oxygen atoms in total. The molecule has 0 bridgehead atoms. The van der Waals surface area contributed by atoms with Crippen molar-refractivity contribution in [2.75, 3.05) is 18.0 Å². The fourth-order valence-corrected chi connectivity index (χ4v) is 2.68. The zero-order valence-corrected chi connectivity index (χ0v) is 13.8. The van der Waals surface area contributed by atoms with E-state index in [9.17, 15) is 18.4 Å². The van der Waals surface area contributed by atoms with Gasteiger partial charge in [0, 0.05) is 12.6 Å². The summed E-state index contributed by atoms with van der Waals surface area (Å²) in [5, 5.41) is 2.90. The average Bonchev–Trinajstić information content (AvgIpc) is 2.53. The van der Waals surface area contributed by atoms with E-state index in [-0.39, 0.29) is 34.9 Å². The van der Waals surface area contributed by atoms with Crippen molar-refractivity contribution >= 4 is 23.5 Å². The Balaban J connectivity index is 1.80. The molecule has 2 rings (SSSR count). The molecular formula is C15H16F2N4O3S. The summed E-state index contributed by atoms with van der Waals surface area (Å²) in [6.45, 7) is -2.65. The number of nitrogens with two attached hydrogens (primary N) is 1. The van der Waals surface area contributed by atoms with Crippen LogP contribution in [0, 0.1) is 0 Å². The molecule has 0 aliphatic carbocycles. The molecule has 0 fully saturated rings. The fraction of sp³-hybridized carbons (Fsp3) is 0.267. The number of nitrogens with one attached hydrogen (secondary N) is 2. The number of rotatable bonds is 8. The first kappa shape index (κ1) is 18.7. The van der Waals surface area contributed by atoms with Crippen LogP contribution in [-0.2, 0) is 11.2 Å². The third-order valence-electron chi connectivity index (χ3n) is 2.98. The van der Waals surface area contributed by atoms with E-state index in [1.165, 1.54) is 6.07 Å². The number of thioether (sulfide) groups is 1. The molecule has 0 atom stereocenters. The van der Waals surface area contributed by atoms with E-state index in [0.29, 0.717) is 12.0 Å². The zero-order chi connectivity index (χ0) is 18.2. The van der Waals surface area contributed by atoms with Crippen molar-refractivity contribution in [1.29, 1.82) is 0 Å². The smallest absolute Gasteiger partial charge is 0.387 e. The number of hydrogen-bond donors (Lipinski definition) is 3. The minimum absolute atomic E-state index is 0.0293. The first-order valence-corrected chi connectivity index (χ1v) is 8.21. The Morgan fingerprint density at radius 3 is 2.88 bits per heavy atom. The number of aromatic amines is 1. The van der Waals surface area contributed by atoms with Gasteiger partial charge in [0.2, 0.25) is 5.91 Å². The minimum atomic E-state index is -2.90. The van der Waals surface area contributed by atoms with Crippen molar-refractivity contribution in [2.24, 2.45) is 0 Å². The Labute approximate surface area is 146 Å². The summed E-state index contributed by atoms with van der Waals surface area (Å²) in [4.78, 5) is 29.4. The van der Waals surface area contributed by atoms with Crippen LogP contribution in [0.2, 0.25) is 0 Å². The van der Waals surface area contributed by atoms with Crippen molar-refractivity contribution in [3.05, 3.63) is 46.2 Å². The molecule has 2 aromatic rings. The predicted molar refractivity (Wildman–Crippen MR) is 89.8 cm³/mol. The largest absolute Gasteiger partial charge is 0.435 e. The van der Waals surface area contributed by atoms with Crippen molar-refractivity contribution in [3.8, 4) is 5.75 Å². The lowest BCUT2D eigenvalue weighted by Gasteiger charge is -2.11. The number of benzene rings is 1. The Kier molecular flexibility index (Phi) is 6.75. The summed E-state index contributed by atoms with van der Waals surface area (Å²) in [6, 6.07) is 7.53. The van der Waals surface area contributed by atoms with Gasteiger partial charge in [-0.2, -0.15) is 8.78 Å². The van der Waals surface area contributed by atoms with E-state index in [4.69, 9.17) is 5.73 Å². The zero-order valence-electron chi connectivity index (χ0n) is 13.0. The van der Waals surface area contributed by atoms with Crippen LogP contribution in [-0.4, -0.2) is 34.8 Å². The van der Waals surface area contributed by atoms with Crippen LogP contribution in [0.4, 0.5) is 14.6 Å². The van der Waals surface area contributed by atoms with Gasteiger partial charge in [0.1, 0.15) is 11.6 Å². The quantitative estimate of drug-likeness (QED) is 0.479. The highest BCUT2D eigenvalue weighted by Crippen LogP contribution is 2.20. The number of halogens is 2. The van der Waals surface area contributed by atoms with Gasteiger partial charge in [0.25, 0.3) is 5.56 Å². The molecule has 0 unspecified atom stereocenters. The number of amides is 1. The normalized spacial score (nSPS) is 10.7. The molecule has 0 spiro atoms. The Morgan fingerprint density at radius 2 is 2.16 bits per heavy atom. The maximum Gasteiger partial charge on any atom is 0.387 e. The monoisotopic (exact) mass is 370 g/mol. The van der Waals surface area contributed by atoms with Crippen LogP contribution in [0.1, 0.15) is 5.56 Å². The van der Waals surface area contributed by atoms with Crippen LogP contribution in [0.5, 0.6) is 5.75 Å². The summed E-state index contributed by atoms with van der Waals surface area (Å²) < 4.78 is 29.1. The maximum atomic E-state index is 12.3. The number of ether oxygens (including phenoxy) is 1. The molecule has 1 amide bonds. The SMILES string of the molecule is Nc1cc(=O)[nH]c(SCC(=O)NCCc2ccccc2OC(F)F)n1. The Hall–Kier alpha value is -2.62. The topological polar surface area (TPSA) is 110 Å². The van der Waals surface area contributed by atoms with Crippen LogP contribution in [0.15, 0.2) is 40.3 Å². The lowest BCUT2D eigenvalue weighted by molar-refractivity contribution is -0.118. The van der Waals surface area contributed by atoms with Gasteiger partial charge in [0.15, 0.2) is 5.16 Å². The molecule has 0 saturated heterocycles. The van der Waals surface area contributed by atoms with E-state index in [1.807, 2.05) is 0 Å². The number of alkyl halides is 2. The van der Waals surface area contributed by atoms with Crippen LogP contribution in [0.25, 0.3) is 0 Å². The molecule has 1 aromatic heterocycles. The Bertz CT molecular complexity index is 785. The van der Waals surface area contributed by atoms with Crippen molar-refractivity contribution in [2.45, 2.75) is 18.2 Å². The molecule has 4 N–H and O–H groups in total. The van der Waals surface area contributed by atoms with Gasteiger partial charge in [-0.1, -0.05) is 30.0 Å². The number of hydrogen-bond acceptors (Lipinski definition) is 6. The van der Waals surface area contributed by atoms with Gasteiger partial charge in [-0.05, 0) is 18.1 Å². The highest BCUT2D eigenvalue weighted by molar-refractivity contribution is 7.99. The first-order valence-electron chi connectivity index (χ1n) is 7.23. The molecule has 1 aromatic carbocycles. The number of aromatic nitrogens is 2. The number of para-hydroxylation sites is 1. The average molecular weight is 370 g/mol. The highest BCUT2D eigenvalue weighted by atomic mass is 32.2. The molecular weight excluding hydrogens is 354 g/mol. The molecule has 25 heavy (non-hydrogen) atoms. The first-order chi connectivity index (χ1) is 11.9. The molecule has 134 valence electrons. The molecule has 1 heterocycles. The highest BCUT2D eigenvalue weighted by Gasteiger charge is 2.10. The summed E-state index contributed by atoms with van der Waals surface area (Å²) in [5.41, 5.74) is 5.62. The molecule has 0 aliphatic rings. The van der Waals surface area contributed by atoms with Crippen LogP contribution < -0.4 is 21.3 Å². The number of nitrogen functional groups attached to an aromatic ring is 1. The lowest BCUT2D eigenvalue weighted by atomic mass is 10.1. The molecule has 0 aliphatic heterocycles. The standard InChI is InChI=1S/C15H16F2N4O3S/c16-14(17)24-10-4-2-1-3-9(10)5-6-19-13(23)8-25-15-20-11(18)7-12(22)21-15/h1-4,7,14H,5-6,8H2,(H,19,23)(H3,18,20,21,22). The third-order valence-corrected chi connectivity index (χ3v) is 3.86. The number of anilines is 1. The third kappa shape index (κ3) is 6.42. The van der Waals surface area contributed by atoms with Gasteiger partial charge < -0.3 is 20.8 Å². The van der Waals surface area contributed by atoms with Gasteiger partial charge in [-0.25, -0.2) is 4.98 Å². The van der Waals surface area contributed by atoms with E-state index >= 15 is 0 Å². The van der Waals surface area contributed by atoms with Crippen LogP contribution in [0.3, 0.4) is 0 Å². The van der Waals surface area contributed by atoms with E-state index < -0.39 is 12.2 Å². The second-order valence-corrected chi connectivity index (χ2v) is 5.81. The van der Waals surface area contributed by atoms with Gasteiger partial charge in [0.05, 0.1) is 5.75 Å². The molecule has 0 radical (unpaired) electrons. The van der Waals surface area contributed by atoms with Crippen molar-refractivity contribution in [1.82, 2.24) is 15.3 Å². The Morgan fingerprint density at radius 1 is 1.40 bits per heavy atom. The summed E-state index contributed by atoms with van der Waals surface area (Å²) in [7, 11) is 0. The van der Waals surface area contributed by atoms with Gasteiger partial charge >= 0.3 is 6.61 Å². The van der Waals surface area contributed by atoms with E-state index in [0.717, 1.165) is 17.8 Å². The van der Waals surface area contributed by atoms with E-state index in [1.54, 1.807) is 18.2 Å². The second-order valence-electron chi connectivity index (χ2n) is 4.85. The summed E-state index contributed by atoms with van der Waals surface area (Å²) in [5.74, 6) is -0.103. The van der Waals surface area contributed by atoms with E-state index in [2.05, 4.69) is 20.0 Å². The number of nitrogens with zero attached hydrogens (tertiary/aromatic N) is 1. The maximum absolute atomic E-state index is 12.3.